The molecule has 1 aromatic heterocycles. The van der Waals surface area contributed by atoms with Crippen molar-refractivity contribution < 1.29 is 19.0 Å². The third-order valence-corrected chi connectivity index (χ3v) is 4.84. The number of benzene rings is 1. The maximum atomic E-state index is 12.2. The van der Waals surface area contributed by atoms with E-state index in [4.69, 9.17) is 37.4 Å². The molecule has 2 aliphatic rings. The highest BCUT2D eigenvalue weighted by atomic mass is 35.5. The van der Waals surface area contributed by atoms with Crippen LogP contribution in [0.15, 0.2) is 30.6 Å². The average molecular weight is 422 g/mol. The number of carbonyl (C=O) groups is 1. The van der Waals surface area contributed by atoms with E-state index < -0.39 is 5.97 Å². The fourth-order valence-electron chi connectivity index (χ4n) is 3.11. The van der Waals surface area contributed by atoms with Crippen LogP contribution in [-0.4, -0.2) is 48.3 Å². The molecule has 0 amide bonds. The smallest absolute Gasteiger partial charge is 0.331 e. The molecule has 0 saturated carbocycles. The molecule has 0 radical (unpaired) electrons. The van der Waals surface area contributed by atoms with Crippen molar-refractivity contribution in [3.8, 4) is 11.5 Å². The second kappa shape index (κ2) is 8.24. The Kier molecular flexibility index (Phi) is 5.54. The van der Waals surface area contributed by atoms with Gasteiger partial charge in [0, 0.05) is 19.0 Å². The summed E-state index contributed by atoms with van der Waals surface area (Å²) in [4.78, 5) is 22.4. The lowest BCUT2D eigenvalue weighted by Crippen LogP contribution is -2.25. The van der Waals surface area contributed by atoms with Crippen molar-refractivity contribution in [1.29, 1.82) is 0 Å². The van der Waals surface area contributed by atoms with Gasteiger partial charge in [0.25, 0.3) is 0 Å². The Morgan fingerprint density at radius 2 is 2.11 bits per heavy atom. The molecule has 4 rings (SSSR count). The SMILES string of the molecule is O=C(C=Cc1cc(Cl)c2c(c1)OCCO2)OC1CCN(c2cncc(Cl)n2)C1. The van der Waals surface area contributed by atoms with Crippen molar-refractivity contribution in [2.45, 2.75) is 12.5 Å². The number of carbonyl (C=O) groups excluding carboxylic acids is 1. The highest BCUT2D eigenvalue weighted by Crippen LogP contribution is 2.38. The number of esters is 1. The zero-order valence-electron chi connectivity index (χ0n) is 14.8. The second-order valence-electron chi connectivity index (χ2n) is 6.35. The van der Waals surface area contributed by atoms with E-state index in [9.17, 15) is 4.79 Å². The largest absolute Gasteiger partial charge is 0.486 e. The van der Waals surface area contributed by atoms with Crippen LogP contribution >= 0.6 is 23.2 Å². The first-order valence-corrected chi connectivity index (χ1v) is 9.54. The third-order valence-electron chi connectivity index (χ3n) is 4.38. The van der Waals surface area contributed by atoms with Gasteiger partial charge in [-0.25, -0.2) is 9.78 Å². The van der Waals surface area contributed by atoms with Crippen molar-refractivity contribution in [1.82, 2.24) is 9.97 Å². The zero-order valence-corrected chi connectivity index (χ0v) is 16.3. The molecule has 1 unspecified atom stereocenters. The molecular weight excluding hydrogens is 405 g/mol. The number of aromatic nitrogens is 2. The van der Waals surface area contributed by atoms with E-state index in [2.05, 4.69) is 9.97 Å². The van der Waals surface area contributed by atoms with E-state index in [-0.39, 0.29) is 6.10 Å². The second-order valence-corrected chi connectivity index (χ2v) is 7.15. The van der Waals surface area contributed by atoms with E-state index >= 15 is 0 Å². The van der Waals surface area contributed by atoms with E-state index in [1.54, 1.807) is 24.4 Å². The molecule has 2 aromatic rings. The molecule has 0 aliphatic carbocycles. The predicted octanol–water partition coefficient (Wildman–Crippen LogP) is 3.39. The first kappa shape index (κ1) is 18.8. The van der Waals surface area contributed by atoms with Crippen LogP contribution in [0.4, 0.5) is 5.82 Å². The molecule has 1 aromatic carbocycles. The van der Waals surface area contributed by atoms with E-state index in [0.29, 0.717) is 60.2 Å². The summed E-state index contributed by atoms with van der Waals surface area (Å²) in [7, 11) is 0. The first-order chi connectivity index (χ1) is 13.6. The number of hydrogen-bond donors (Lipinski definition) is 0. The lowest BCUT2D eigenvalue weighted by molar-refractivity contribution is -0.141. The maximum Gasteiger partial charge on any atom is 0.331 e. The van der Waals surface area contributed by atoms with Crippen LogP contribution in [0.2, 0.25) is 10.2 Å². The summed E-state index contributed by atoms with van der Waals surface area (Å²) in [5, 5.41) is 0.776. The topological polar surface area (TPSA) is 73.8 Å². The van der Waals surface area contributed by atoms with Crippen molar-refractivity contribution in [3.63, 3.8) is 0 Å². The summed E-state index contributed by atoms with van der Waals surface area (Å²) in [6.45, 7) is 2.19. The molecule has 146 valence electrons. The molecule has 3 heterocycles. The molecule has 1 atom stereocenters. The maximum absolute atomic E-state index is 12.2. The van der Waals surface area contributed by atoms with Gasteiger partial charge in [-0.05, 0) is 23.8 Å². The number of ether oxygens (including phenoxy) is 3. The molecule has 7 nitrogen and oxygen atoms in total. The molecule has 9 heteroatoms. The minimum Gasteiger partial charge on any atom is -0.486 e. The van der Waals surface area contributed by atoms with E-state index in [0.717, 1.165) is 5.56 Å². The Hall–Kier alpha value is -2.51. The Labute approximate surface area is 171 Å². The third kappa shape index (κ3) is 4.31. The summed E-state index contributed by atoms with van der Waals surface area (Å²) in [6.07, 6.45) is 6.63. The lowest BCUT2D eigenvalue weighted by Gasteiger charge is -2.19. The Bertz CT molecular complexity index is 922. The minimum absolute atomic E-state index is 0.221. The van der Waals surface area contributed by atoms with Crippen LogP contribution < -0.4 is 14.4 Å². The van der Waals surface area contributed by atoms with Gasteiger partial charge in [0.2, 0.25) is 0 Å². The monoisotopic (exact) mass is 421 g/mol. The summed E-state index contributed by atoms with van der Waals surface area (Å²) in [5.41, 5.74) is 0.730. The van der Waals surface area contributed by atoms with Gasteiger partial charge in [0.05, 0.1) is 24.0 Å². The summed E-state index contributed by atoms with van der Waals surface area (Å²) in [6, 6.07) is 3.49. The Morgan fingerprint density at radius 3 is 2.96 bits per heavy atom. The summed E-state index contributed by atoms with van der Waals surface area (Å²) in [5.74, 6) is 1.35. The van der Waals surface area contributed by atoms with Crippen LogP contribution in [0.1, 0.15) is 12.0 Å². The Balaban J connectivity index is 1.35. The number of anilines is 1. The molecule has 1 fully saturated rings. The first-order valence-electron chi connectivity index (χ1n) is 8.79. The zero-order chi connectivity index (χ0) is 19.5. The standard InChI is InChI=1S/C19H17Cl2N3O4/c20-14-7-12(8-15-19(14)27-6-5-26-15)1-2-18(25)28-13-3-4-24(11-13)17-10-22-9-16(21)23-17/h1-2,7-10,13H,3-6,11H2. The number of fused-ring (bicyclic) bond motifs is 1. The van der Waals surface area contributed by atoms with Gasteiger partial charge in [-0.3, -0.25) is 4.98 Å². The molecule has 2 aliphatic heterocycles. The van der Waals surface area contributed by atoms with Crippen LogP contribution in [-0.2, 0) is 9.53 Å². The van der Waals surface area contributed by atoms with E-state index in [1.807, 2.05) is 4.90 Å². The van der Waals surface area contributed by atoms with Gasteiger partial charge >= 0.3 is 5.97 Å². The van der Waals surface area contributed by atoms with Crippen LogP contribution in [0, 0.1) is 0 Å². The fourth-order valence-corrected chi connectivity index (χ4v) is 3.53. The van der Waals surface area contributed by atoms with Crippen molar-refractivity contribution in [2.24, 2.45) is 0 Å². The van der Waals surface area contributed by atoms with Crippen molar-refractivity contribution in [2.75, 3.05) is 31.2 Å². The van der Waals surface area contributed by atoms with Crippen LogP contribution in [0.25, 0.3) is 6.08 Å². The normalized spacial score (nSPS) is 18.5. The number of hydrogen-bond acceptors (Lipinski definition) is 7. The van der Waals surface area contributed by atoms with Gasteiger partial charge in [0.1, 0.15) is 30.3 Å². The summed E-state index contributed by atoms with van der Waals surface area (Å²) >= 11 is 12.1. The van der Waals surface area contributed by atoms with Crippen molar-refractivity contribution in [3.05, 3.63) is 46.3 Å². The van der Waals surface area contributed by atoms with Crippen LogP contribution in [0.3, 0.4) is 0 Å². The molecule has 0 bridgehead atoms. The van der Waals surface area contributed by atoms with Crippen molar-refractivity contribution >= 4 is 41.1 Å². The molecule has 1 saturated heterocycles. The number of rotatable bonds is 4. The highest BCUT2D eigenvalue weighted by Gasteiger charge is 2.26. The van der Waals surface area contributed by atoms with Gasteiger partial charge in [0.15, 0.2) is 11.5 Å². The highest BCUT2D eigenvalue weighted by molar-refractivity contribution is 6.32. The quantitative estimate of drug-likeness (QED) is 0.553. The minimum atomic E-state index is -0.421. The average Bonchev–Trinajstić information content (AvgIpc) is 3.15. The van der Waals surface area contributed by atoms with Crippen LogP contribution in [0.5, 0.6) is 11.5 Å². The van der Waals surface area contributed by atoms with Gasteiger partial charge in [-0.1, -0.05) is 23.2 Å². The fraction of sp³-hybridized carbons (Fsp3) is 0.316. The molecule has 28 heavy (non-hydrogen) atoms. The summed E-state index contributed by atoms with van der Waals surface area (Å²) < 4.78 is 16.5. The predicted molar refractivity (Wildman–Crippen MR) is 105 cm³/mol. The number of nitrogens with zero attached hydrogens (tertiary/aromatic N) is 3. The molecular formula is C19H17Cl2N3O4. The van der Waals surface area contributed by atoms with Gasteiger partial charge in [-0.15, -0.1) is 0 Å². The molecule has 0 spiro atoms. The van der Waals surface area contributed by atoms with Gasteiger partial charge in [-0.2, -0.15) is 0 Å². The van der Waals surface area contributed by atoms with Gasteiger partial charge < -0.3 is 19.1 Å². The number of halogens is 2. The molecule has 0 N–H and O–H groups in total. The Morgan fingerprint density at radius 1 is 1.25 bits per heavy atom. The lowest BCUT2D eigenvalue weighted by atomic mass is 10.2. The van der Waals surface area contributed by atoms with E-state index in [1.165, 1.54) is 12.3 Å².